The lowest BCUT2D eigenvalue weighted by Gasteiger charge is -2.29. The van der Waals surface area contributed by atoms with Crippen LogP contribution in [-0.2, 0) is 11.2 Å². The molecule has 1 aromatic carbocycles. The molecule has 0 bridgehead atoms. The molecule has 0 radical (unpaired) electrons. The van der Waals surface area contributed by atoms with Crippen LogP contribution in [0.3, 0.4) is 0 Å². The topological polar surface area (TPSA) is 90.8 Å². The lowest BCUT2D eigenvalue weighted by molar-refractivity contribution is 0.0939. The van der Waals surface area contributed by atoms with Crippen LogP contribution < -0.4 is 15.1 Å². The van der Waals surface area contributed by atoms with E-state index in [9.17, 15) is 4.79 Å². The highest BCUT2D eigenvalue weighted by atomic mass is 16.5. The van der Waals surface area contributed by atoms with Crippen LogP contribution in [-0.4, -0.2) is 74.0 Å². The maximum atomic E-state index is 12.4. The molecule has 1 aliphatic rings. The van der Waals surface area contributed by atoms with Crippen molar-refractivity contribution in [2.75, 3.05) is 62.8 Å². The molecule has 28 heavy (non-hydrogen) atoms. The minimum Gasteiger partial charge on any atom is -0.395 e. The number of ether oxygens (including phenoxy) is 1. The van der Waals surface area contributed by atoms with Gasteiger partial charge >= 0.3 is 0 Å². The van der Waals surface area contributed by atoms with E-state index in [2.05, 4.69) is 32.3 Å². The molecule has 0 spiro atoms. The summed E-state index contributed by atoms with van der Waals surface area (Å²) in [6.07, 6.45) is 0.856. The van der Waals surface area contributed by atoms with Crippen molar-refractivity contribution in [1.82, 2.24) is 15.3 Å². The van der Waals surface area contributed by atoms with E-state index in [1.165, 1.54) is 5.56 Å². The smallest absolute Gasteiger partial charge is 0.270 e. The van der Waals surface area contributed by atoms with Gasteiger partial charge in [-0.1, -0.05) is 30.3 Å². The second-order valence-electron chi connectivity index (χ2n) is 6.65. The van der Waals surface area contributed by atoms with Gasteiger partial charge in [0.15, 0.2) is 0 Å². The number of anilines is 2. The molecule has 3 rings (SSSR count). The molecule has 8 nitrogen and oxygen atoms in total. The first-order valence-electron chi connectivity index (χ1n) is 9.53. The first-order chi connectivity index (χ1) is 13.7. The van der Waals surface area contributed by atoms with Gasteiger partial charge in [-0.15, -0.1) is 0 Å². The molecule has 8 heteroatoms. The standard InChI is InChI=1S/C20H27N5O3/c1-24(9-7-16-5-3-2-4-6-16)20-22-17(19(27)21-8-12-26)15-18(23-20)25-10-13-28-14-11-25/h2-6,15,26H,7-14H2,1H3,(H,21,27). The second kappa shape index (κ2) is 10.0. The zero-order chi connectivity index (χ0) is 19.8. The number of morpholine rings is 1. The Morgan fingerprint density at radius 1 is 1.25 bits per heavy atom. The van der Waals surface area contributed by atoms with Gasteiger partial charge in [0.05, 0.1) is 19.8 Å². The monoisotopic (exact) mass is 385 g/mol. The maximum Gasteiger partial charge on any atom is 0.270 e. The van der Waals surface area contributed by atoms with E-state index in [1.807, 2.05) is 30.1 Å². The van der Waals surface area contributed by atoms with Gasteiger partial charge in [0.1, 0.15) is 11.5 Å². The van der Waals surface area contributed by atoms with Gasteiger partial charge in [0, 0.05) is 39.3 Å². The van der Waals surface area contributed by atoms with Gasteiger partial charge in [0.25, 0.3) is 5.91 Å². The molecule has 1 amide bonds. The second-order valence-corrected chi connectivity index (χ2v) is 6.65. The number of benzene rings is 1. The van der Waals surface area contributed by atoms with Crippen LogP contribution in [0.25, 0.3) is 0 Å². The SMILES string of the molecule is CN(CCc1ccccc1)c1nc(C(=O)NCCO)cc(N2CCOCC2)n1. The fraction of sp³-hybridized carbons (Fsp3) is 0.450. The molecule has 2 heterocycles. The van der Waals surface area contributed by atoms with Crippen LogP contribution in [0.2, 0.25) is 0 Å². The van der Waals surface area contributed by atoms with Crippen molar-refractivity contribution in [3.63, 3.8) is 0 Å². The number of rotatable bonds is 8. The number of aromatic nitrogens is 2. The Labute approximate surface area is 165 Å². The van der Waals surface area contributed by atoms with Gasteiger partial charge in [-0.05, 0) is 12.0 Å². The Kier molecular flexibility index (Phi) is 7.16. The summed E-state index contributed by atoms with van der Waals surface area (Å²) in [5, 5.41) is 11.6. The molecule has 0 atom stereocenters. The molecule has 150 valence electrons. The van der Waals surface area contributed by atoms with Gasteiger partial charge in [-0.2, -0.15) is 4.98 Å². The lowest BCUT2D eigenvalue weighted by Crippen LogP contribution is -2.37. The van der Waals surface area contributed by atoms with Gasteiger partial charge in [-0.25, -0.2) is 4.98 Å². The van der Waals surface area contributed by atoms with E-state index < -0.39 is 0 Å². The molecular weight excluding hydrogens is 358 g/mol. The molecule has 0 saturated carbocycles. The molecule has 1 saturated heterocycles. The number of hydrogen-bond acceptors (Lipinski definition) is 7. The molecule has 0 aliphatic carbocycles. The van der Waals surface area contributed by atoms with Gasteiger partial charge < -0.3 is 25.0 Å². The predicted molar refractivity (Wildman–Crippen MR) is 108 cm³/mol. The average molecular weight is 385 g/mol. The number of hydrogen-bond donors (Lipinski definition) is 2. The van der Waals surface area contributed by atoms with E-state index in [-0.39, 0.29) is 19.1 Å². The van der Waals surface area contributed by atoms with Crippen LogP contribution in [0, 0.1) is 0 Å². The van der Waals surface area contributed by atoms with Crippen molar-refractivity contribution in [2.24, 2.45) is 0 Å². The predicted octanol–water partition coefficient (Wildman–Crippen LogP) is 0.714. The highest BCUT2D eigenvalue weighted by Gasteiger charge is 2.19. The highest BCUT2D eigenvalue weighted by Crippen LogP contribution is 2.19. The van der Waals surface area contributed by atoms with E-state index in [1.54, 1.807) is 6.07 Å². The molecule has 1 fully saturated rings. The minimum atomic E-state index is -0.316. The highest BCUT2D eigenvalue weighted by molar-refractivity contribution is 5.93. The van der Waals surface area contributed by atoms with Crippen LogP contribution in [0.5, 0.6) is 0 Å². The normalized spacial score (nSPS) is 14.0. The van der Waals surface area contributed by atoms with E-state index >= 15 is 0 Å². The molecule has 2 aromatic rings. The summed E-state index contributed by atoms with van der Waals surface area (Å²) in [5.74, 6) is 0.909. The number of nitrogens with one attached hydrogen (secondary N) is 1. The summed E-state index contributed by atoms with van der Waals surface area (Å²) >= 11 is 0. The molecule has 1 aliphatic heterocycles. The Hall–Kier alpha value is -2.71. The summed E-state index contributed by atoms with van der Waals surface area (Å²) in [6.45, 7) is 3.52. The lowest BCUT2D eigenvalue weighted by atomic mass is 10.1. The first-order valence-corrected chi connectivity index (χ1v) is 9.53. The van der Waals surface area contributed by atoms with Crippen LogP contribution >= 0.6 is 0 Å². The number of amides is 1. The van der Waals surface area contributed by atoms with Crippen molar-refractivity contribution in [3.05, 3.63) is 47.7 Å². The van der Waals surface area contributed by atoms with E-state index in [4.69, 9.17) is 9.84 Å². The van der Waals surface area contributed by atoms with Crippen molar-refractivity contribution in [3.8, 4) is 0 Å². The molecule has 0 unspecified atom stereocenters. The summed E-state index contributed by atoms with van der Waals surface area (Å²) in [4.78, 5) is 25.6. The number of carbonyl (C=O) groups is 1. The Balaban J connectivity index is 1.79. The quantitative estimate of drug-likeness (QED) is 0.692. The van der Waals surface area contributed by atoms with Crippen molar-refractivity contribution in [1.29, 1.82) is 0 Å². The van der Waals surface area contributed by atoms with Crippen LogP contribution in [0.4, 0.5) is 11.8 Å². The largest absolute Gasteiger partial charge is 0.395 e. The maximum absolute atomic E-state index is 12.4. The summed E-state index contributed by atoms with van der Waals surface area (Å²) < 4.78 is 5.41. The Bertz CT molecular complexity index is 766. The number of likely N-dealkylation sites (N-methyl/N-ethyl adjacent to an activating group) is 1. The van der Waals surface area contributed by atoms with Crippen LogP contribution in [0.1, 0.15) is 16.1 Å². The third-order valence-corrected chi connectivity index (χ3v) is 4.59. The van der Waals surface area contributed by atoms with Crippen molar-refractivity contribution < 1.29 is 14.6 Å². The van der Waals surface area contributed by atoms with Crippen molar-refractivity contribution in [2.45, 2.75) is 6.42 Å². The molecule has 1 aromatic heterocycles. The van der Waals surface area contributed by atoms with E-state index in [0.717, 1.165) is 26.1 Å². The third-order valence-electron chi connectivity index (χ3n) is 4.59. The summed E-state index contributed by atoms with van der Waals surface area (Å²) in [7, 11) is 1.93. The Morgan fingerprint density at radius 3 is 2.71 bits per heavy atom. The number of carbonyl (C=O) groups excluding carboxylic acids is 1. The Morgan fingerprint density at radius 2 is 2.00 bits per heavy atom. The average Bonchev–Trinajstić information content (AvgIpc) is 2.76. The summed E-state index contributed by atoms with van der Waals surface area (Å²) in [6, 6.07) is 11.9. The number of aliphatic hydroxyl groups excluding tert-OH is 1. The minimum absolute atomic E-state index is 0.114. The first kappa shape index (κ1) is 20.0. The third kappa shape index (κ3) is 5.40. The van der Waals surface area contributed by atoms with E-state index in [0.29, 0.717) is 30.7 Å². The molecule has 2 N–H and O–H groups in total. The number of aliphatic hydroxyl groups is 1. The van der Waals surface area contributed by atoms with Gasteiger partial charge in [0.2, 0.25) is 5.95 Å². The van der Waals surface area contributed by atoms with Crippen molar-refractivity contribution >= 4 is 17.7 Å². The van der Waals surface area contributed by atoms with Crippen LogP contribution in [0.15, 0.2) is 36.4 Å². The fourth-order valence-corrected chi connectivity index (χ4v) is 2.96. The summed E-state index contributed by atoms with van der Waals surface area (Å²) in [5.41, 5.74) is 1.53. The van der Waals surface area contributed by atoms with Gasteiger partial charge in [-0.3, -0.25) is 4.79 Å². The zero-order valence-electron chi connectivity index (χ0n) is 16.2. The number of nitrogens with zero attached hydrogens (tertiary/aromatic N) is 4. The zero-order valence-corrected chi connectivity index (χ0v) is 16.2. The fourth-order valence-electron chi connectivity index (χ4n) is 2.96. The molecular formula is C20H27N5O3.